The van der Waals surface area contributed by atoms with Crippen molar-refractivity contribution < 1.29 is 19.4 Å². The minimum atomic E-state index is -0.761. The number of hydrogen-bond acceptors (Lipinski definition) is 6. The van der Waals surface area contributed by atoms with Gasteiger partial charge in [0, 0.05) is 39.7 Å². The van der Waals surface area contributed by atoms with Crippen molar-refractivity contribution in [2.45, 2.75) is 25.6 Å². The number of aliphatic hydroxyl groups is 1. The van der Waals surface area contributed by atoms with Gasteiger partial charge in [0.1, 0.15) is 0 Å². The number of rotatable bonds is 12. The fourth-order valence-electron chi connectivity index (χ4n) is 1.73. The van der Waals surface area contributed by atoms with Crippen LogP contribution in [0, 0.1) is 0 Å². The minimum absolute atomic E-state index is 0.219. The van der Waals surface area contributed by atoms with Gasteiger partial charge in [-0.05, 0) is 20.5 Å². The number of carbonyl (C=O) groups is 1. The lowest BCUT2D eigenvalue weighted by Gasteiger charge is -2.21. The van der Waals surface area contributed by atoms with E-state index in [4.69, 9.17) is 4.74 Å². The first-order chi connectivity index (χ1) is 9.99. The maximum absolute atomic E-state index is 11.2. The summed E-state index contributed by atoms with van der Waals surface area (Å²) >= 11 is 0. The Bertz CT molecular complexity index is 295. The zero-order valence-electron chi connectivity index (χ0n) is 13.7. The van der Waals surface area contributed by atoms with Gasteiger partial charge in [0.15, 0.2) is 6.29 Å². The number of carbonyl (C=O) groups excluding carboxylic acids is 1. The van der Waals surface area contributed by atoms with Crippen LogP contribution >= 0.6 is 0 Å². The molecule has 0 amide bonds. The molecule has 0 aromatic rings. The summed E-state index contributed by atoms with van der Waals surface area (Å²) in [4.78, 5) is 15.5. The highest BCUT2D eigenvalue weighted by atomic mass is 16.6. The van der Waals surface area contributed by atoms with Crippen LogP contribution < -0.4 is 0 Å². The van der Waals surface area contributed by atoms with E-state index >= 15 is 0 Å². The molecule has 0 spiro atoms. The molecule has 124 valence electrons. The van der Waals surface area contributed by atoms with Crippen molar-refractivity contribution in [1.29, 1.82) is 0 Å². The molecule has 0 saturated heterocycles. The number of hydrogen-bond donors (Lipinski definition) is 1. The topological polar surface area (TPSA) is 62.2 Å². The van der Waals surface area contributed by atoms with Crippen LogP contribution in [-0.4, -0.2) is 81.7 Å². The van der Waals surface area contributed by atoms with Crippen molar-refractivity contribution in [3.8, 4) is 0 Å². The summed E-state index contributed by atoms with van der Waals surface area (Å²) in [5.41, 5.74) is 0. The van der Waals surface area contributed by atoms with Crippen LogP contribution in [0.5, 0.6) is 0 Å². The molecule has 1 atom stereocenters. The summed E-state index contributed by atoms with van der Waals surface area (Å²) < 4.78 is 9.48. The largest absolute Gasteiger partial charge is 0.469 e. The Hall–Kier alpha value is -0.950. The predicted molar refractivity (Wildman–Crippen MR) is 83.0 cm³/mol. The van der Waals surface area contributed by atoms with Gasteiger partial charge in [-0.2, -0.15) is 0 Å². The monoisotopic (exact) mass is 302 g/mol. The molecule has 0 rings (SSSR count). The molecular formula is C15H30N2O4. The molecule has 0 bridgehead atoms. The molecule has 0 aliphatic carbocycles. The van der Waals surface area contributed by atoms with Gasteiger partial charge < -0.3 is 19.5 Å². The standard InChI is InChI=1S/C15H30N2O4/c1-16(2)10-6-5-7-11-17(12-8-14(18)20-3)13-9-15(19)21-4/h5,7,14,18H,6,8-13H2,1-4H3/b7-5+. The molecule has 0 aliphatic rings. The van der Waals surface area contributed by atoms with Gasteiger partial charge in [-0.3, -0.25) is 9.69 Å². The third-order valence-corrected chi connectivity index (χ3v) is 3.10. The second-order valence-electron chi connectivity index (χ2n) is 5.17. The van der Waals surface area contributed by atoms with Gasteiger partial charge in [0.2, 0.25) is 0 Å². The van der Waals surface area contributed by atoms with Crippen molar-refractivity contribution in [2.75, 3.05) is 54.5 Å². The fourth-order valence-corrected chi connectivity index (χ4v) is 1.73. The van der Waals surface area contributed by atoms with Crippen LogP contribution in [0.15, 0.2) is 12.2 Å². The minimum Gasteiger partial charge on any atom is -0.469 e. The molecular weight excluding hydrogens is 272 g/mol. The summed E-state index contributed by atoms with van der Waals surface area (Å²) in [6, 6.07) is 0. The zero-order chi connectivity index (χ0) is 16.1. The lowest BCUT2D eigenvalue weighted by Crippen LogP contribution is -2.30. The highest BCUT2D eigenvalue weighted by Crippen LogP contribution is 2.00. The van der Waals surface area contributed by atoms with Gasteiger partial charge in [-0.15, -0.1) is 0 Å². The highest BCUT2D eigenvalue weighted by Gasteiger charge is 2.09. The van der Waals surface area contributed by atoms with Crippen LogP contribution in [0.3, 0.4) is 0 Å². The van der Waals surface area contributed by atoms with E-state index in [2.05, 4.69) is 26.7 Å². The third kappa shape index (κ3) is 12.5. The molecule has 0 aliphatic heterocycles. The molecule has 0 aromatic carbocycles. The van der Waals surface area contributed by atoms with E-state index in [0.717, 1.165) is 19.5 Å². The SMILES string of the molecule is COC(=O)CCN(C/C=C/CCN(C)C)CCC(O)OC. The molecule has 0 saturated carbocycles. The number of methoxy groups -OCH3 is 2. The summed E-state index contributed by atoms with van der Waals surface area (Å²) in [7, 11) is 6.96. The van der Waals surface area contributed by atoms with E-state index < -0.39 is 6.29 Å². The predicted octanol–water partition coefficient (Wildman–Crippen LogP) is 0.714. The molecule has 1 N–H and O–H groups in total. The van der Waals surface area contributed by atoms with Gasteiger partial charge in [0.25, 0.3) is 0 Å². The lowest BCUT2D eigenvalue weighted by atomic mass is 10.3. The molecule has 0 heterocycles. The van der Waals surface area contributed by atoms with Crippen LogP contribution in [0.1, 0.15) is 19.3 Å². The van der Waals surface area contributed by atoms with E-state index in [1.54, 1.807) is 0 Å². The number of nitrogens with zero attached hydrogens (tertiary/aromatic N) is 2. The number of esters is 1. The molecule has 0 fully saturated rings. The number of ether oxygens (including phenoxy) is 2. The van der Waals surface area contributed by atoms with Gasteiger partial charge in [-0.25, -0.2) is 0 Å². The average molecular weight is 302 g/mol. The Kier molecular flexibility index (Phi) is 12.2. The highest BCUT2D eigenvalue weighted by molar-refractivity contribution is 5.69. The van der Waals surface area contributed by atoms with E-state index in [1.165, 1.54) is 14.2 Å². The smallest absolute Gasteiger partial charge is 0.306 e. The van der Waals surface area contributed by atoms with Crippen LogP contribution in [0.2, 0.25) is 0 Å². The summed E-state index contributed by atoms with van der Waals surface area (Å²) in [5.74, 6) is -0.219. The molecule has 1 unspecified atom stereocenters. The zero-order valence-corrected chi connectivity index (χ0v) is 13.7. The number of aliphatic hydroxyl groups excluding tert-OH is 1. The second kappa shape index (κ2) is 12.8. The second-order valence-corrected chi connectivity index (χ2v) is 5.17. The van der Waals surface area contributed by atoms with Crippen LogP contribution in [0.25, 0.3) is 0 Å². The first-order valence-electron chi connectivity index (χ1n) is 7.29. The Morgan fingerprint density at radius 3 is 2.48 bits per heavy atom. The Morgan fingerprint density at radius 2 is 1.90 bits per heavy atom. The van der Waals surface area contributed by atoms with Gasteiger partial charge in [-0.1, -0.05) is 12.2 Å². The molecule has 0 radical (unpaired) electrons. The maximum Gasteiger partial charge on any atom is 0.306 e. The first kappa shape index (κ1) is 20.1. The lowest BCUT2D eigenvalue weighted by molar-refractivity contribution is -0.141. The normalized spacial score (nSPS) is 13.3. The van der Waals surface area contributed by atoms with E-state index in [-0.39, 0.29) is 5.97 Å². The molecule has 21 heavy (non-hydrogen) atoms. The molecule has 6 heteroatoms. The van der Waals surface area contributed by atoms with Crippen molar-refractivity contribution in [1.82, 2.24) is 9.80 Å². The molecule has 6 nitrogen and oxygen atoms in total. The van der Waals surface area contributed by atoms with Gasteiger partial charge >= 0.3 is 5.97 Å². The molecule has 0 aromatic heterocycles. The Morgan fingerprint density at radius 1 is 1.19 bits per heavy atom. The van der Waals surface area contributed by atoms with Crippen LogP contribution in [-0.2, 0) is 14.3 Å². The van der Waals surface area contributed by atoms with Gasteiger partial charge in [0.05, 0.1) is 13.5 Å². The van der Waals surface area contributed by atoms with E-state index in [0.29, 0.717) is 25.9 Å². The van der Waals surface area contributed by atoms with Crippen LogP contribution in [0.4, 0.5) is 0 Å². The average Bonchev–Trinajstić information content (AvgIpc) is 2.47. The van der Waals surface area contributed by atoms with Crippen molar-refractivity contribution >= 4 is 5.97 Å². The Balaban J connectivity index is 4.13. The van der Waals surface area contributed by atoms with Crippen molar-refractivity contribution in [3.05, 3.63) is 12.2 Å². The van der Waals surface area contributed by atoms with E-state index in [1.807, 2.05) is 14.1 Å². The maximum atomic E-state index is 11.2. The van der Waals surface area contributed by atoms with E-state index in [9.17, 15) is 9.90 Å². The van der Waals surface area contributed by atoms with Crippen molar-refractivity contribution in [2.24, 2.45) is 0 Å². The summed E-state index contributed by atoms with van der Waals surface area (Å²) in [5, 5.41) is 9.44. The summed E-state index contributed by atoms with van der Waals surface area (Å²) in [6.45, 7) is 3.05. The van der Waals surface area contributed by atoms with Crippen molar-refractivity contribution in [3.63, 3.8) is 0 Å². The summed E-state index contributed by atoms with van der Waals surface area (Å²) in [6.07, 6.45) is 5.34. The first-order valence-corrected chi connectivity index (χ1v) is 7.29. The Labute approximate surface area is 128 Å². The third-order valence-electron chi connectivity index (χ3n) is 3.10. The fraction of sp³-hybridized carbons (Fsp3) is 0.800. The quantitative estimate of drug-likeness (QED) is 0.325.